The van der Waals surface area contributed by atoms with Crippen molar-refractivity contribution in [3.63, 3.8) is 0 Å². The van der Waals surface area contributed by atoms with Gasteiger partial charge >= 0.3 is 6.18 Å². The molecule has 0 radical (unpaired) electrons. The predicted molar refractivity (Wildman–Crippen MR) is 117 cm³/mol. The van der Waals surface area contributed by atoms with Crippen LogP contribution in [0.4, 0.5) is 13.2 Å². The molecule has 2 aliphatic rings. The first-order chi connectivity index (χ1) is 14.4. The molecule has 0 amide bonds. The van der Waals surface area contributed by atoms with Crippen molar-refractivity contribution in [3.8, 4) is 5.75 Å². The average Bonchev–Trinajstić information content (AvgIpc) is 2.76. The van der Waals surface area contributed by atoms with Gasteiger partial charge < -0.3 is 4.74 Å². The number of alkyl halides is 3. The van der Waals surface area contributed by atoms with Gasteiger partial charge in [-0.05, 0) is 79.9 Å². The molecule has 0 saturated heterocycles. The van der Waals surface area contributed by atoms with Gasteiger partial charge in [0.05, 0.1) is 0 Å². The number of hydrogen-bond donors (Lipinski definition) is 0. The highest BCUT2D eigenvalue weighted by molar-refractivity contribution is 5.50. The van der Waals surface area contributed by atoms with Crippen LogP contribution in [0.5, 0.6) is 5.75 Å². The third-order valence-electron chi connectivity index (χ3n) is 7.18. The average molecular weight is 423 g/mol. The van der Waals surface area contributed by atoms with Gasteiger partial charge in [0.2, 0.25) is 0 Å². The summed E-state index contributed by atoms with van der Waals surface area (Å²) in [5.74, 6) is 3.76. The minimum Gasteiger partial charge on any atom is -0.484 e. The van der Waals surface area contributed by atoms with Gasteiger partial charge in [-0.1, -0.05) is 63.3 Å². The summed E-state index contributed by atoms with van der Waals surface area (Å²) >= 11 is 0. The lowest BCUT2D eigenvalue weighted by Crippen LogP contribution is -2.25. The van der Waals surface area contributed by atoms with Crippen molar-refractivity contribution < 1.29 is 17.9 Å². The Hall–Kier alpha value is -1.45. The van der Waals surface area contributed by atoms with Crippen molar-refractivity contribution in [2.75, 3.05) is 6.61 Å². The van der Waals surface area contributed by atoms with Crippen molar-refractivity contribution in [3.05, 3.63) is 35.9 Å². The van der Waals surface area contributed by atoms with Crippen LogP contribution in [0.15, 0.2) is 30.3 Å². The van der Waals surface area contributed by atoms with Crippen LogP contribution in [0.3, 0.4) is 0 Å². The number of ether oxygens (including phenoxy) is 1. The van der Waals surface area contributed by atoms with Crippen molar-refractivity contribution in [2.45, 2.75) is 83.7 Å². The standard InChI is InChI=1S/C26H37F3O/c1-2-3-4-20-7-13-23(14-8-20)24-15-9-21(10-16-24)5-6-22-11-17-25(18-12-22)30-19-26(27,28)29/h5-6,11-12,17-18,20-21,23-24H,2-4,7-10,13-16,19H2,1H3/t20-,21-,23-,24-. The Kier molecular flexibility index (Phi) is 8.71. The monoisotopic (exact) mass is 422 g/mol. The minimum absolute atomic E-state index is 0.259. The molecule has 1 aromatic rings. The lowest BCUT2D eigenvalue weighted by atomic mass is 9.68. The molecule has 1 aromatic carbocycles. The van der Waals surface area contributed by atoms with E-state index in [1.165, 1.54) is 70.6 Å². The summed E-state index contributed by atoms with van der Waals surface area (Å²) in [5, 5.41) is 0. The first-order valence-electron chi connectivity index (χ1n) is 11.9. The molecule has 0 bridgehead atoms. The van der Waals surface area contributed by atoms with Crippen LogP contribution >= 0.6 is 0 Å². The van der Waals surface area contributed by atoms with Crippen LogP contribution in [0.2, 0.25) is 0 Å². The summed E-state index contributed by atoms with van der Waals surface area (Å²) in [4.78, 5) is 0. The predicted octanol–water partition coefficient (Wildman–Crippen LogP) is 8.44. The lowest BCUT2D eigenvalue weighted by molar-refractivity contribution is -0.153. The topological polar surface area (TPSA) is 9.23 Å². The van der Waals surface area contributed by atoms with E-state index in [0.717, 1.165) is 23.3 Å². The van der Waals surface area contributed by atoms with Gasteiger partial charge in [-0.3, -0.25) is 0 Å². The van der Waals surface area contributed by atoms with Crippen molar-refractivity contribution in [1.29, 1.82) is 0 Å². The molecule has 4 heteroatoms. The van der Waals surface area contributed by atoms with Gasteiger partial charge in [-0.25, -0.2) is 0 Å². The highest BCUT2D eigenvalue weighted by atomic mass is 19.4. The van der Waals surface area contributed by atoms with Gasteiger partial charge in [0.1, 0.15) is 5.75 Å². The van der Waals surface area contributed by atoms with Gasteiger partial charge in [-0.2, -0.15) is 13.2 Å². The van der Waals surface area contributed by atoms with E-state index in [0.29, 0.717) is 5.92 Å². The molecule has 2 fully saturated rings. The molecule has 30 heavy (non-hydrogen) atoms. The Morgan fingerprint density at radius 3 is 2.07 bits per heavy atom. The third kappa shape index (κ3) is 7.67. The van der Waals surface area contributed by atoms with Crippen LogP contribution in [0.25, 0.3) is 6.08 Å². The Labute approximate surface area is 180 Å². The Morgan fingerprint density at radius 1 is 0.900 bits per heavy atom. The first kappa shape index (κ1) is 23.2. The largest absolute Gasteiger partial charge is 0.484 e. The summed E-state index contributed by atoms with van der Waals surface area (Å²) in [6, 6.07) is 6.87. The van der Waals surface area contributed by atoms with E-state index in [-0.39, 0.29) is 5.75 Å². The van der Waals surface area contributed by atoms with Crippen LogP contribution in [0.1, 0.15) is 83.1 Å². The molecule has 1 nitrogen and oxygen atoms in total. The molecule has 0 N–H and O–H groups in total. The van der Waals surface area contributed by atoms with Gasteiger partial charge in [0.15, 0.2) is 6.61 Å². The van der Waals surface area contributed by atoms with Gasteiger partial charge in [0.25, 0.3) is 0 Å². The van der Waals surface area contributed by atoms with Crippen LogP contribution in [0, 0.1) is 23.7 Å². The maximum Gasteiger partial charge on any atom is 0.422 e. The fraction of sp³-hybridized carbons (Fsp3) is 0.692. The Morgan fingerprint density at radius 2 is 1.50 bits per heavy atom. The zero-order valence-corrected chi connectivity index (χ0v) is 18.3. The molecule has 0 spiro atoms. The molecule has 168 valence electrons. The van der Waals surface area contributed by atoms with Crippen LogP contribution in [-0.4, -0.2) is 12.8 Å². The molecule has 3 rings (SSSR count). The van der Waals surface area contributed by atoms with E-state index < -0.39 is 12.8 Å². The minimum atomic E-state index is -4.30. The molecular weight excluding hydrogens is 385 g/mol. The first-order valence-corrected chi connectivity index (χ1v) is 11.9. The smallest absolute Gasteiger partial charge is 0.422 e. The summed E-state index contributed by atoms with van der Waals surface area (Å²) in [5.41, 5.74) is 1.02. The van der Waals surface area contributed by atoms with Crippen molar-refractivity contribution in [1.82, 2.24) is 0 Å². The van der Waals surface area contributed by atoms with E-state index in [9.17, 15) is 13.2 Å². The fourth-order valence-corrected chi connectivity index (χ4v) is 5.34. The molecule has 2 aliphatic carbocycles. The number of allylic oxidation sites excluding steroid dienone is 1. The normalized spacial score (nSPS) is 28.0. The highest BCUT2D eigenvalue weighted by Gasteiger charge is 2.30. The summed E-state index contributed by atoms with van der Waals surface area (Å²) in [6.07, 6.45) is 15.3. The third-order valence-corrected chi connectivity index (χ3v) is 7.18. The van der Waals surface area contributed by atoms with Crippen molar-refractivity contribution in [2.24, 2.45) is 23.7 Å². The Bertz CT molecular complexity index is 633. The highest BCUT2D eigenvalue weighted by Crippen LogP contribution is 2.42. The number of unbranched alkanes of at least 4 members (excludes halogenated alkanes) is 1. The quantitative estimate of drug-likeness (QED) is 0.408. The van der Waals surface area contributed by atoms with E-state index in [4.69, 9.17) is 4.74 Å². The van der Waals surface area contributed by atoms with E-state index >= 15 is 0 Å². The molecule has 0 aromatic heterocycles. The van der Waals surface area contributed by atoms with Gasteiger partial charge in [-0.15, -0.1) is 0 Å². The van der Waals surface area contributed by atoms with E-state index in [1.54, 1.807) is 12.1 Å². The zero-order chi connectivity index (χ0) is 21.4. The summed E-state index contributed by atoms with van der Waals surface area (Å²) < 4.78 is 41.4. The molecule has 0 heterocycles. The Balaban J connectivity index is 1.38. The maximum atomic E-state index is 12.2. The molecule has 0 aliphatic heterocycles. The molecule has 0 atom stereocenters. The number of benzene rings is 1. The molecule has 2 saturated carbocycles. The van der Waals surface area contributed by atoms with E-state index in [1.807, 2.05) is 12.1 Å². The van der Waals surface area contributed by atoms with Crippen molar-refractivity contribution >= 4 is 6.08 Å². The summed E-state index contributed by atoms with van der Waals surface area (Å²) in [6.45, 7) is 1.05. The van der Waals surface area contributed by atoms with Crippen LogP contribution in [-0.2, 0) is 0 Å². The lowest BCUT2D eigenvalue weighted by Gasteiger charge is -2.37. The maximum absolute atomic E-state index is 12.2. The second-order valence-electron chi connectivity index (χ2n) is 9.43. The fourth-order valence-electron chi connectivity index (χ4n) is 5.34. The van der Waals surface area contributed by atoms with Crippen LogP contribution < -0.4 is 4.74 Å². The van der Waals surface area contributed by atoms with Gasteiger partial charge in [0, 0.05) is 0 Å². The second-order valence-corrected chi connectivity index (χ2v) is 9.43. The SMILES string of the molecule is CCCC[C@H]1CC[C@H]([C@H]2CC[C@H](C=Cc3ccc(OCC(F)(F)F)cc3)CC2)CC1. The molecule has 0 unspecified atom stereocenters. The second kappa shape index (κ2) is 11.2. The zero-order valence-electron chi connectivity index (χ0n) is 18.3. The molecular formula is C26H37F3O. The summed E-state index contributed by atoms with van der Waals surface area (Å²) in [7, 11) is 0. The number of hydrogen-bond acceptors (Lipinski definition) is 1. The number of rotatable bonds is 8. The van der Waals surface area contributed by atoms with E-state index in [2.05, 4.69) is 19.1 Å². The number of halogens is 3.